The van der Waals surface area contributed by atoms with Gasteiger partial charge in [0, 0.05) is 25.1 Å². The van der Waals surface area contributed by atoms with Crippen LogP contribution in [0.3, 0.4) is 0 Å². The molecule has 0 fully saturated rings. The summed E-state index contributed by atoms with van der Waals surface area (Å²) in [5.41, 5.74) is 1.22. The highest BCUT2D eigenvalue weighted by Gasteiger charge is 2.22. The first-order chi connectivity index (χ1) is 12.4. The van der Waals surface area contributed by atoms with Crippen LogP contribution in [0.5, 0.6) is 0 Å². The smallest absolute Gasteiger partial charge is 0.243 e. The van der Waals surface area contributed by atoms with Crippen molar-refractivity contribution >= 4 is 27.7 Å². The molecule has 0 saturated heterocycles. The van der Waals surface area contributed by atoms with Gasteiger partial charge in [-0.25, -0.2) is 12.8 Å². The molecule has 2 rings (SSSR count). The summed E-state index contributed by atoms with van der Waals surface area (Å²) in [5.74, 6) is 0.695. The Morgan fingerprint density at radius 1 is 1.12 bits per heavy atom. The van der Waals surface area contributed by atoms with Gasteiger partial charge in [0.1, 0.15) is 5.82 Å². The molecule has 0 radical (unpaired) electrons. The molecule has 0 atom stereocenters. The molecule has 1 amide bonds. The zero-order chi connectivity index (χ0) is 19.0. The summed E-state index contributed by atoms with van der Waals surface area (Å²) in [6, 6.07) is 14.5. The Balaban J connectivity index is 1.73. The number of carbonyl (C=O) groups excluding carboxylic acids is 1. The van der Waals surface area contributed by atoms with Crippen molar-refractivity contribution in [2.24, 2.45) is 0 Å². The van der Waals surface area contributed by atoms with E-state index in [-0.39, 0.29) is 17.3 Å². The molecule has 0 aromatic heterocycles. The van der Waals surface area contributed by atoms with Crippen molar-refractivity contribution in [2.75, 3.05) is 25.9 Å². The minimum Gasteiger partial charge on any atom is -0.354 e. The van der Waals surface area contributed by atoms with Crippen LogP contribution >= 0.6 is 11.8 Å². The van der Waals surface area contributed by atoms with E-state index < -0.39 is 15.8 Å². The van der Waals surface area contributed by atoms with E-state index in [0.29, 0.717) is 6.54 Å². The Morgan fingerprint density at radius 2 is 1.77 bits per heavy atom. The molecule has 140 valence electrons. The summed E-state index contributed by atoms with van der Waals surface area (Å²) in [6.45, 7) is 0.170. The Morgan fingerprint density at radius 3 is 2.42 bits per heavy atom. The topological polar surface area (TPSA) is 66.5 Å². The first kappa shape index (κ1) is 20.4. The lowest BCUT2D eigenvalue weighted by Crippen LogP contribution is -2.39. The highest BCUT2D eigenvalue weighted by molar-refractivity contribution is 7.98. The molecule has 2 aromatic carbocycles. The maximum Gasteiger partial charge on any atom is 0.243 e. The second-order valence-corrected chi connectivity index (χ2v) is 8.75. The van der Waals surface area contributed by atoms with Gasteiger partial charge in [-0.2, -0.15) is 16.1 Å². The molecule has 0 aliphatic rings. The molecule has 0 spiro atoms. The van der Waals surface area contributed by atoms with Crippen LogP contribution < -0.4 is 5.32 Å². The first-order valence-electron chi connectivity index (χ1n) is 8.00. The number of nitrogens with one attached hydrogen (secondary N) is 1. The number of hydrogen-bond donors (Lipinski definition) is 1. The average molecular weight is 397 g/mol. The van der Waals surface area contributed by atoms with E-state index in [1.54, 1.807) is 11.8 Å². The van der Waals surface area contributed by atoms with Gasteiger partial charge in [0.25, 0.3) is 0 Å². The summed E-state index contributed by atoms with van der Waals surface area (Å²) in [5, 5.41) is 2.71. The van der Waals surface area contributed by atoms with Gasteiger partial charge in [0.2, 0.25) is 15.9 Å². The Kier molecular flexibility index (Phi) is 7.62. The van der Waals surface area contributed by atoms with Gasteiger partial charge in [-0.3, -0.25) is 4.79 Å². The normalized spacial score (nSPS) is 11.5. The minimum atomic E-state index is -3.82. The number of nitrogens with zero attached hydrogens (tertiary/aromatic N) is 1. The van der Waals surface area contributed by atoms with Crippen LogP contribution in [0.2, 0.25) is 0 Å². The van der Waals surface area contributed by atoms with Crippen LogP contribution in [0.25, 0.3) is 0 Å². The van der Waals surface area contributed by atoms with E-state index in [1.807, 2.05) is 30.3 Å². The fourth-order valence-corrected chi connectivity index (χ4v) is 4.10. The van der Waals surface area contributed by atoms with E-state index in [4.69, 9.17) is 0 Å². The minimum absolute atomic E-state index is 0.0485. The number of benzene rings is 2. The zero-order valence-corrected chi connectivity index (χ0v) is 16.0. The predicted octanol–water partition coefficient (Wildman–Crippen LogP) is 2.50. The van der Waals surface area contributed by atoms with Crippen molar-refractivity contribution in [3.8, 4) is 0 Å². The van der Waals surface area contributed by atoms with Gasteiger partial charge in [0.05, 0.1) is 11.4 Å². The molecule has 0 heterocycles. The van der Waals surface area contributed by atoms with Crippen LogP contribution in [-0.4, -0.2) is 44.5 Å². The van der Waals surface area contributed by atoms with E-state index >= 15 is 0 Å². The van der Waals surface area contributed by atoms with Crippen molar-refractivity contribution in [2.45, 2.75) is 10.6 Å². The number of thioether (sulfide) groups is 1. The monoisotopic (exact) mass is 396 g/mol. The number of sulfonamides is 1. The highest BCUT2D eigenvalue weighted by atomic mass is 32.2. The fourth-order valence-electron chi connectivity index (χ4n) is 2.16. The highest BCUT2D eigenvalue weighted by Crippen LogP contribution is 2.14. The van der Waals surface area contributed by atoms with Crippen molar-refractivity contribution < 1.29 is 17.6 Å². The quantitative estimate of drug-likeness (QED) is 0.662. The predicted molar refractivity (Wildman–Crippen MR) is 102 cm³/mol. The number of rotatable bonds is 9. The van der Waals surface area contributed by atoms with Gasteiger partial charge in [-0.15, -0.1) is 0 Å². The van der Waals surface area contributed by atoms with Crippen molar-refractivity contribution in [1.29, 1.82) is 0 Å². The van der Waals surface area contributed by atoms with Crippen molar-refractivity contribution in [3.63, 3.8) is 0 Å². The molecule has 0 bridgehead atoms. The van der Waals surface area contributed by atoms with E-state index in [1.165, 1.54) is 24.7 Å². The number of amides is 1. The van der Waals surface area contributed by atoms with Crippen LogP contribution in [-0.2, 0) is 20.6 Å². The SMILES string of the molecule is CN(CC(=O)NCCSCc1ccccc1)S(=O)(=O)c1ccc(F)cc1. The van der Waals surface area contributed by atoms with Crippen molar-refractivity contribution in [1.82, 2.24) is 9.62 Å². The molecular weight excluding hydrogens is 375 g/mol. The third-order valence-electron chi connectivity index (χ3n) is 3.57. The second kappa shape index (κ2) is 9.70. The zero-order valence-electron chi connectivity index (χ0n) is 14.4. The lowest BCUT2D eigenvalue weighted by atomic mass is 10.2. The van der Waals surface area contributed by atoms with Crippen LogP contribution in [0, 0.1) is 5.82 Å². The van der Waals surface area contributed by atoms with Gasteiger partial charge >= 0.3 is 0 Å². The van der Waals surface area contributed by atoms with E-state index in [0.717, 1.165) is 27.9 Å². The largest absolute Gasteiger partial charge is 0.354 e. The molecule has 8 heteroatoms. The standard InChI is InChI=1S/C18H21FN2O3S2/c1-21(26(23,24)17-9-7-16(19)8-10-17)13-18(22)20-11-12-25-14-15-5-3-2-4-6-15/h2-10H,11-14H2,1H3,(H,20,22). The molecule has 26 heavy (non-hydrogen) atoms. The number of hydrogen-bond acceptors (Lipinski definition) is 4. The number of carbonyl (C=O) groups is 1. The van der Waals surface area contributed by atoms with Gasteiger partial charge < -0.3 is 5.32 Å². The molecule has 0 saturated carbocycles. The Bertz CT molecular complexity index is 812. The fraction of sp³-hybridized carbons (Fsp3) is 0.278. The molecule has 1 N–H and O–H groups in total. The second-order valence-electron chi connectivity index (χ2n) is 5.60. The lowest BCUT2D eigenvalue weighted by molar-refractivity contribution is -0.121. The summed E-state index contributed by atoms with van der Waals surface area (Å²) in [4.78, 5) is 11.9. The van der Waals surface area contributed by atoms with Gasteiger partial charge in [-0.05, 0) is 29.8 Å². The summed E-state index contributed by atoms with van der Waals surface area (Å²) < 4.78 is 38.5. The van der Waals surface area contributed by atoms with E-state index in [9.17, 15) is 17.6 Å². The van der Waals surface area contributed by atoms with Crippen LogP contribution in [0.15, 0.2) is 59.5 Å². The lowest BCUT2D eigenvalue weighted by Gasteiger charge is -2.16. The Labute approximate surface area is 157 Å². The molecular formula is C18H21FN2O3S2. The van der Waals surface area contributed by atoms with E-state index in [2.05, 4.69) is 5.32 Å². The molecule has 5 nitrogen and oxygen atoms in total. The van der Waals surface area contributed by atoms with Gasteiger partial charge in [-0.1, -0.05) is 30.3 Å². The molecule has 0 aliphatic heterocycles. The third kappa shape index (κ3) is 6.12. The maximum atomic E-state index is 12.9. The molecule has 2 aromatic rings. The average Bonchev–Trinajstić information content (AvgIpc) is 2.62. The molecule has 0 unspecified atom stereocenters. The summed E-state index contributed by atoms with van der Waals surface area (Å²) in [7, 11) is -2.50. The number of halogens is 1. The molecule has 0 aliphatic carbocycles. The number of likely N-dealkylation sites (N-methyl/N-ethyl adjacent to an activating group) is 1. The summed E-state index contributed by atoms with van der Waals surface area (Å²) >= 11 is 1.69. The maximum absolute atomic E-state index is 12.9. The van der Waals surface area contributed by atoms with Crippen LogP contribution in [0.4, 0.5) is 4.39 Å². The van der Waals surface area contributed by atoms with Gasteiger partial charge in [0.15, 0.2) is 0 Å². The van der Waals surface area contributed by atoms with Crippen LogP contribution in [0.1, 0.15) is 5.56 Å². The Hall–Kier alpha value is -1.90. The first-order valence-corrected chi connectivity index (χ1v) is 10.6. The van der Waals surface area contributed by atoms with Crippen molar-refractivity contribution in [3.05, 3.63) is 66.0 Å². The summed E-state index contributed by atoms with van der Waals surface area (Å²) in [6.07, 6.45) is 0. The third-order valence-corrected chi connectivity index (χ3v) is 6.42.